The molecule has 10 heavy (non-hydrogen) atoms. The van der Waals surface area contributed by atoms with E-state index in [1.54, 1.807) is 0 Å². The van der Waals surface area contributed by atoms with Gasteiger partial charge in [-0.15, -0.1) is 0 Å². The maximum absolute atomic E-state index is 10.4. The van der Waals surface area contributed by atoms with E-state index in [1.165, 1.54) is 13.0 Å². The quantitative estimate of drug-likeness (QED) is 0.494. The van der Waals surface area contributed by atoms with Crippen molar-refractivity contribution in [1.29, 1.82) is 0 Å². The number of hydrogen-bond acceptors (Lipinski definition) is 2. The third kappa shape index (κ3) is 0.717. The molecule has 2 atom stereocenters. The zero-order chi connectivity index (χ0) is 7.19. The van der Waals surface area contributed by atoms with Gasteiger partial charge in [-0.1, -0.05) is 0 Å². The fourth-order valence-electron chi connectivity index (χ4n) is 2.15. The number of likely N-dealkylation sites (tertiary alicyclic amines) is 1. The van der Waals surface area contributed by atoms with Gasteiger partial charge in [-0.3, -0.25) is 0 Å². The Hall–Kier alpha value is -0.370. The van der Waals surface area contributed by atoms with Crippen molar-refractivity contribution in [3.05, 3.63) is 0 Å². The van der Waals surface area contributed by atoms with E-state index in [-0.39, 0.29) is 0 Å². The van der Waals surface area contributed by atoms with Crippen LogP contribution in [0.4, 0.5) is 0 Å². The highest BCUT2D eigenvalue weighted by molar-refractivity contribution is 5.60. The molecule has 1 aliphatic heterocycles. The highest BCUT2D eigenvalue weighted by Gasteiger charge is 2.56. The largest absolute Gasteiger partial charge is 0.306 e. The van der Waals surface area contributed by atoms with Crippen molar-refractivity contribution in [3.63, 3.8) is 0 Å². The van der Waals surface area contributed by atoms with Crippen molar-refractivity contribution in [3.8, 4) is 0 Å². The van der Waals surface area contributed by atoms with Gasteiger partial charge in [0.2, 0.25) is 0 Å². The molecule has 2 unspecified atom stereocenters. The minimum Gasteiger partial charge on any atom is -0.306 e. The van der Waals surface area contributed by atoms with E-state index < -0.39 is 0 Å². The summed E-state index contributed by atoms with van der Waals surface area (Å²) in [5, 5.41) is 0. The van der Waals surface area contributed by atoms with Crippen molar-refractivity contribution < 1.29 is 4.79 Å². The molecule has 56 valence electrons. The Balaban J connectivity index is 2.02. The van der Waals surface area contributed by atoms with E-state index in [9.17, 15) is 4.79 Å². The zero-order valence-electron chi connectivity index (χ0n) is 6.34. The molecule has 1 aliphatic carbocycles. The average molecular weight is 139 g/mol. The van der Waals surface area contributed by atoms with Gasteiger partial charge in [0.15, 0.2) is 0 Å². The predicted molar refractivity (Wildman–Crippen MR) is 38.7 cm³/mol. The molecule has 2 heteroatoms. The van der Waals surface area contributed by atoms with Crippen LogP contribution < -0.4 is 0 Å². The van der Waals surface area contributed by atoms with Crippen LogP contribution in [0.2, 0.25) is 0 Å². The number of carbonyl (C=O) groups is 1. The Labute approximate surface area is 61.2 Å². The van der Waals surface area contributed by atoms with Crippen LogP contribution in [-0.4, -0.2) is 31.3 Å². The van der Waals surface area contributed by atoms with Gasteiger partial charge in [-0.2, -0.15) is 0 Å². The van der Waals surface area contributed by atoms with Crippen molar-refractivity contribution in [2.75, 3.05) is 20.1 Å². The summed E-state index contributed by atoms with van der Waals surface area (Å²) in [6.45, 7) is 2.33. The number of hydrogen-bond donors (Lipinski definition) is 0. The summed E-state index contributed by atoms with van der Waals surface area (Å²) in [5.41, 5.74) is 0.441. The first-order valence-corrected chi connectivity index (χ1v) is 3.91. The summed E-state index contributed by atoms with van der Waals surface area (Å²) in [6, 6.07) is 0. The van der Waals surface area contributed by atoms with Gasteiger partial charge in [0.05, 0.1) is 0 Å². The van der Waals surface area contributed by atoms with E-state index in [4.69, 9.17) is 0 Å². The summed E-state index contributed by atoms with van der Waals surface area (Å²) in [5.74, 6) is 0.400. The highest BCUT2D eigenvalue weighted by atomic mass is 16.1. The van der Waals surface area contributed by atoms with E-state index >= 15 is 0 Å². The lowest BCUT2D eigenvalue weighted by Crippen LogP contribution is -2.15. The first-order chi connectivity index (χ1) is 4.77. The third-order valence-corrected chi connectivity index (χ3v) is 2.99. The molecule has 2 aliphatic rings. The van der Waals surface area contributed by atoms with Gasteiger partial charge < -0.3 is 9.69 Å². The van der Waals surface area contributed by atoms with Crippen LogP contribution in [0, 0.1) is 11.3 Å². The fraction of sp³-hybridized carbons (Fsp3) is 0.875. The molecule has 2 nitrogen and oxygen atoms in total. The highest BCUT2D eigenvalue weighted by Crippen LogP contribution is 2.56. The second kappa shape index (κ2) is 1.82. The molecule has 0 N–H and O–H groups in total. The van der Waals surface area contributed by atoms with E-state index in [0.29, 0.717) is 11.3 Å². The SMILES string of the molecule is CN1CCC2(CC2C=O)C1. The number of aldehydes is 1. The van der Waals surface area contributed by atoms with Crippen molar-refractivity contribution in [2.45, 2.75) is 12.8 Å². The summed E-state index contributed by atoms with van der Waals surface area (Å²) >= 11 is 0. The maximum atomic E-state index is 10.4. The molecule has 0 aromatic carbocycles. The molecule has 1 spiro atoms. The topological polar surface area (TPSA) is 20.3 Å². The fourth-order valence-corrected chi connectivity index (χ4v) is 2.15. The standard InChI is InChI=1S/C8H13NO/c1-9-3-2-8(6-9)4-7(8)5-10/h5,7H,2-4,6H2,1H3. The molecular formula is C8H13NO. The van der Waals surface area contributed by atoms with Crippen molar-refractivity contribution >= 4 is 6.29 Å². The molecule has 0 amide bonds. The lowest BCUT2D eigenvalue weighted by Gasteiger charge is -2.06. The molecule has 0 bridgehead atoms. The first-order valence-electron chi connectivity index (χ1n) is 3.91. The second-order valence-electron chi connectivity index (χ2n) is 3.80. The predicted octanol–water partition coefficient (Wildman–Crippen LogP) is 0.527. The van der Waals surface area contributed by atoms with Crippen LogP contribution in [0.25, 0.3) is 0 Å². The number of rotatable bonds is 1. The van der Waals surface area contributed by atoms with Crippen LogP contribution >= 0.6 is 0 Å². The van der Waals surface area contributed by atoms with E-state index in [2.05, 4.69) is 11.9 Å². The molecule has 2 rings (SSSR count). The molecule has 2 fully saturated rings. The minimum absolute atomic E-state index is 0.400. The van der Waals surface area contributed by atoms with Crippen LogP contribution in [-0.2, 0) is 4.79 Å². The number of nitrogens with zero attached hydrogens (tertiary/aromatic N) is 1. The molecule has 0 radical (unpaired) electrons. The summed E-state index contributed by atoms with van der Waals surface area (Å²) in [7, 11) is 2.13. The summed E-state index contributed by atoms with van der Waals surface area (Å²) in [6.07, 6.45) is 3.53. The Morgan fingerprint density at radius 2 is 2.50 bits per heavy atom. The normalized spacial score (nSPS) is 46.3. The molecular weight excluding hydrogens is 126 g/mol. The van der Waals surface area contributed by atoms with Crippen LogP contribution in [0.15, 0.2) is 0 Å². The van der Waals surface area contributed by atoms with Crippen molar-refractivity contribution in [1.82, 2.24) is 4.90 Å². The summed E-state index contributed by atoms with van der Waals surface area (Å²) < 4.78 is 0. The second-order valence-corrected chi connectivity index (χ2v) is 3.80. The Morgan fingerprint density at radius 1 is 1.70 bits per heavy atom. The Morgan fingerprint density at radius 3 is 2.90 bits per heavy atom. The number of carbonyl (C=O) groups excluding carboxylic acids is 1. The Bertz CT molecular complexity index is 169. The van der Waals surface area contributed by atoms with E-state index in [0.717, 1.165) is 19.3 Å². The van der Waals surface area contributed by atoms with Gasteiger partial charge in [-0.05, 0) is 31.8 Å². The summed E-state index contributed by atoms with van der Waals surface area (Å²) in [4.78, 5) is 12.7. The third-order valence-electron chi connectivity index (χ3n) is 2.99. The molecule has 1 heterocycles. The molecule has 1 saturated carbocycles. The zero-order valence-corrected chi connectivity index (χ0v) is 6.34. The van der Waals surface area contributed by atoms with Gasteiger partial charge in [-0.25, -0.2) is 0 Å². The lowest BCUT2D eigenvalue weighted by molar-refractivity contribution is -0.109. The smallest absolute Gasteiger partial charge is 0.123 e. The minimum atomic E-state index is 0.400. The average Bonchev–Trinajstić information content (AvgIpc) is 2.46. The van der Waals surface area contributed by atoms with Crippen LogP contribution in [0.1, 0.15) is 12.8 Å². The molecule has 1 saturated heterocycles. The van der Waals surface area contributed by atoms with Gasteiger partial charge in [0.1, 0.15) is 6.29 Å². The van der Waals surface area contributed by atoms with E-state index in [1.807, 2.05) is 0 Å². The monoisotopic (exact) mass is 139 g/mol. The van der Waals surface area contributed by atoms with Gasteiger partial charge in [0.25, 0.3) is 0 Å². The van der Waals surface area contributed by atoms with Crippen LogP contribution in [0.3, 0.4) is 0 Å². The maximum Gasteiger partial charge on any atom is 0.123 e. The van der Waals surface area contributed by atoms with Gasteiger partial charge >= 0.3 is 0 Å². The molecule has 0 aromatic rings. The Kier molecular flexibility index (Phi) is 1.15. The molecule has 0 aromatic heterocycles. The lowest BCUT2D eigenvalue weighted by atomic mass is 10.0. The first kappa shape index (κ1) is 6.35. The van der Waals surface area contributed by atoms with Crippen LogP contribution in [0.5, 0.6) is 0 Å². The van der Waals surface area contributed by atoms with Gasteiger partial charge in [0, 0.05) is 12.5 Å². The van der Waals surface area contributed by atoms with Crippen molar-refractivity contribution in [2.24, 2.45) is 11.3 Å².